The van der Waals surface area contributed by atoms with Crippen LogP contribution in [0.25, 0.3) is 0 Å². The molecule has 19 heavy (non-hydrogen) atoms. The Kier molecular flexibility index (Phi) is 4.29. The van der Waals surface area contributed by atoms with Crippen molar-refractivity contribution in [3.05, 3.63) is 50.5 Å². The first kappa shape index (κ1) is 14.1. The van der Waals surface area contributed by atoms with E-state index in [1.807, 2.05) is 0 Å². The fourth-order valence-electron chi connectivity index (χ4n) is 1.40. The monoisotopic (exact) mass is 359 g/mol. The van der Waals surface area contributed by atoms with Crippen LogP contribution in [0.1, 0.15) is 10.4 Å². The van der Waals surface area contributed by atoms with Crippen LogP contribution in [-0.2, 0) is 0 Å². The molecule has 0 saturated heterocycles. The fraction of sp³-hybridized carbons (Fsp3) is 0. The van der Waals surface area contributed by atoms with Gasteiger partial charge in [-0.05, 0) is 40.2 Å². The number of carbonyl (C=O) groups excluding carboxylic acids is 1. The zero-order chi connectivity index (χ0) is 14.0. The zero-order valence-corrected chi connectivity index (χ0v) is 12.6. The highest BCUT2D eigenvalue weighted by atomic mass is 79.9. The molecule has 2 rings (SSSR count). The molecule has 1 amide bonds. The van der Waals surface area contributed by atoms with E-state index in [1.54, 1.807) is 18.2 Å². The summed E-state index contributed by atoms with van der Waals surface area (Å²) >= 11 is 15.1. The Morgan fingerprint density at radius 2 is 2.00 bits per heavy atom. The summed E-state index contributed by atoms with van der Waals surface area (Å²) in [4.78, 5) is 15.8. The number of amides is 1. The average molecular weight is 361 g/mol. The Morgan fingerprint density at radius 1 is 1.26 bits per heavy atom. The average Bonchev–Trinajstić information content (AvgIpc) is 2.36. The molecule has 1 aromatic heterocycles. The van der Waals surface area contributed by atoms with Gasteiger partial charge in [0.1, 0.15) is 5.82 Å². The van der Waals surface area contributed by atoms with Crippen LogP contribution in [0.4, 0.5) is 11.5 Å². The smallest absolute Gasteiger partial charge is 0.257 e. The summed E-state index contributed by atoms with van der Waals surface area (Å²) in [5.41, 5.74) is 6.34. The van der Waals surface area contributed by atoms with E-state index in [4.69, 9.17) is 28.9 Å². The number of rotatable bonds is 2. The fourth-order valence-corrected chi connectivity index (χ4v) is 2.02. The van der Waals surface area contributed by atoms with Crippen molar-refractivity contribution in [3.63, 3.8) is 0 Å². The quantitative estimate of drug-likeness (QED) is 0.850. The van der Waals surface area contributed by atoms with E-state index in [1.165, 1.54) is 12.3 Å². The Balaban J connectivity index is 2.25. The molecule has 0 spiro atoms. The molecule has 0 saturated carbocycles. The van der Waals surface area contributed by atoms with Gasteiger partial charge in [0.15, 0.2) is 0 Å². The van der Waals surface area contributed by atoms with Gasteiger partial charge in [-0.15, -0.1) is 0 Å². The second-order valence-electron chi connectivity index (χ2n) is 3.67. The Bertz CT molecular complexity index is 649. The summed E-state index contributed by atoms with van der Waals surface area (Å²) in [5.74, 6) is -0.152. The lowest BCUT2D eigenvalue weighted by Crippen LogP contribution is -2.13. The number of halogens is 3. The van der Waals surface area contributed by atoms with Gasteiger partial charge >= 0.3 is 0 Å². The Hall–Kier alpha value is -1.30. The number of benzene rings is 1. The summed E-state index contributed by atoms with van der Waals surface area (Å²) < 4.78 is 0.748. The number of nitrogens with zero attached hydrogens (tertiary/aromatic N) is 1. The molecule has 0 radical (unpaired) electrons. The molecular weight excluding hydrogens is 353 g/mol. The van der Waals surface area contributed by atoms with E-state index in [0.717, 1.165) is 4.47 Å². The number of anilines is 2. The van der Waals surface area contributed by atoms with Gasteiger partial charge < -0.3 is 11.1 Å². The molecule has 3 N–H and O–H groups in total. The van der Waals surface area contributed by atoms with Crippen molar-refractivity contribution in [2.75, 3.05) is 11.1 Å². The van der Waals surface area contributed by atoms with E-state index in [-0.39, 0.29) is 22.3 Å². The second-order valence-corrected chi connectivity index (χ2v) is 5.34. The van der Waals surface area contributed by atoms with Gasteiger partial charge in [0.05, 0.1) is 15.6 Å². The minimum absolute atomic E-state index is 0.225. The van der Waals surface area contributed by atoms with Crippen LogP contribution < -0.4 is 11.1 Å². The Labute approximate surface area is 128 Å². The highest BCUT2D eigenvalue weighted by Crippen LogP contribution is 2.26. The van der Waals surface area contributed by atoms with Crippen LogP contribution in [0.15, 0.2) is 34.9 Å². The third-order valence-corrected chi connectivity index (χ3v) is 3.83. The molecule has 0 aliphatic carbocycles. The molecule has 1 aromatic carbocycles. The third-order valence-electron chi connectivity index (χ3n) is 2.30. The first-order valence-electron chi connectivity index (χ1n) is 5.15. The van der Waals surface area contributed by atoms with Crippen molar-refractivity contribution in [2.45, 2.75) is 0 Å². The van der Waals surface area contributed by atoms with E-state index in [0.29, 0.717) is 10.7 Å². The molecule has 98 valence electrons. The van der Waals surface area contributed by atoms with Crippen molar-refractivity contribution >= 4 is 56.5 Å². The zero-order valence-electron chi connectivity index (χ0n) is 9.45. The number of nitrogen functional groups attached to an aromatic ring is 1. The summed E-state index contributed by atoms with van der Waals surface area (Å²) in [5, 5.41) is 3.41. The second kappa shape index (κ2) is 5.77. The van der Waals surface area contributed by atoms with Crippen LogP contribution in [0.3, 0.4) is 0 Å². The lowest BCUT2D eigenvalue weighted by atomic mass is 10.2. The molecule has 0 fully saturated rings. The van der Waals surface area contributed by atoms with E-state index < -0.39 is 0 Å². The summed E-state index contributed by atoms with van der Waals surface area (Å²) in [6, 6.07) is 6.49. The predicted molar refractivity (Wildman–Crippen MR) is 80.8 cm³/mol. The van der Waals surface area contributed by atoms with Gasteiger partial charge in [0, 0.05) is 16.4 Å². The number of aromatic nitrogens is 1. The molecule has 1 heterocycles. The van der Waals surface area contributed by atoms with Gasteiger partial charge in [0.25, 0.3) is 5.91 Å². The molecule has 7 heteroatoms. The van der Waals surface area contributed by atoms with Crippen molar-refractivity contribution in [3.8, 4) is 0 Å². The van der Waals surface area contributed by atoms with Gasteiger partial charge in [0.2, 0.25) is 0 Å². The maximum absolute atomic E-state index is 12.0. The van der Waals surface area contributed by atoms with Crippen molar-refractivity contribution in [1.82, 2.24) is 4.98 Å². The highest BCUT2D eigenvalue weighted by molar-refractivity contribution is 9.10. The largest absolute Gasteiger partial charge is 0.384 e. The summed E-state index contributed by atoms with van der Waals surface area (Å²) in [6.45, 7) is 0. The third kappa shape index (κ3) is 3.37. The maximum Gasteiger partial charge on any atom is 0.257 e. The van der Waals surface area contributed by atoms with Crippen LogP contribution in [0.5, 0.6) is 0 Å². The molecule has 0 aliphatic heterocycles. The van der Waals surface area contributed by atoms with Crippen molar-refractivity contribution in [1.29, 1.82) is 0 Å². The number of carbonyl (C=O) groups is 1. The van der Waals surface area contributed by atoms with Crippen LogP contribution in [0, 0.1) is 0 Å². The topological polar surface area (TPSA) is 68.0 Å². The number of pyridine rings is 1. The minimum Gasteiger partial charge on any atom is -0.384 e. The molecule has 0 unspecified atom stereocenters. The lowest BCUT2D eigenvalue weighted by molar-refractivity contribution is 0.102. The molecule has 4 nitrogen and oxygen atoms in total. The predicted octanol–water partition coefficient (Wildman–Crippen LogP) is 3.99. The first-order chi connectivity index (χ1) is 8.97. The van der Waals surface area contributed by atoms with Crippen LogP contribution in [0.2, 0.25) is 10.0 Å². The molecule has 2 aromatic rings. The van der Waals surface area contributed by atoms with E-state index in [2.05, 4.69) is 26.2 Å². The molecular formula is C12H8BrCl2N3O. The number of nitrogens with two attached hydrogens (primary N) is 1. The highest BCUT2D eigenvalue weighted by Gasteiger charge is 2.12. The van der Waals surface area contributed by atoms with Crippen molar-refractivity contribution < 1.29 is 4.79 Å². The van der Waals surface area contributed by atoms with Gasteiger partial charge in [-0.2, -0.15) is 0 Å². The molecule has 0 atom stereocenters. The Morgan fingerprint density at radius 3 is 2.68 bits per heavy atom. The summed E-state index contributed by atoms with van der Waals surface area (Å²) in [6.07, 6.45) is 1.33. The molecule has 0 aliphatic rings. The van der Waals surface area contributed by atoms with E-state index >= 15 is 0 Å². The van der Waals surface area contributed by atoms with Crippen LogP contribution in [-0.4, -0.2) is 10.9 Å². The molecule has 0 bridgehead atoms. The van der Waals surface area contributed by atoms with Gasteiger partial charge in [-0.3, -0.25) is 4.79 Å². The maximum atomic E-state index is 12.0. The van der Waals surface area contributed by atoms with E-state index in [9.17, 15) is 4.79 Å². The first-order valence-corrected chi connectivity index (χ1v) is 6.69. The SMILES string of the molecule is Nc1cc(C(=O)Nc2ccc(Br)c(Cl)c2)c(Cl)cn1. The minimum atomic E-state index is -0.377. The van der Waals surface area contributed by atoms with Crippen LogP contribution >= 0.6 is 39.1 Å². The standard InChI is InChI=1S/C12H8BrCl2N3O/c13-8-2-1-6(3-9(8)14)18-12(19)7-4-11(16)17-5-10(7)15/h1-5H,(H2,16,17)(H,18,19). The van der Waals surface area contributed by atoms with Gasteiger partial charge in [-0.25, -0.2) is 4.98 Å². The summed E-state index contributed by atoms with van der Waals surface area (Å²) in [7, 11) is 0. The number of hydrogen-bond donors (Lipinski definition) is 2. The normalized spacial score (nSPS) is 10.3. The lowest BCUT2D eigenvalue weighted by Gasteiger charge is -2.08. The van der Waals surface area contributed by atoms with Gasteiger partial charge in [-0.1, -0.05) is 23.2 Å². The van der Waals surface area contributed by atoms with Crippen molar-refractivity contribution in [2.24, 2.45) is 0 Å². The number of hydrogen-bond acceptors (Lipinski definition) is 3. The number of nitrogens with one attached hydrogen (secondary N) is 1.